The molecule has 0 saturated heterocycles. The van der Waals surface area contributed by atoms with Gasteiger partial charge in [0.1, 0.15) is 0 Å². The van der Waals surface area contributed by atoms with Gasteiger partial charge in [-0.2, -0.15) is 13.2 Å². The van der Waals surface area contributed by atoms with Crippen LogP contribution in [0.15, 0.2) is 28.8 Å². The average molecular weight is 299 g/mol. The van der Waals surface area contributed by atoms with Gasteiger partial charge < -0.3 is 15.6 Å². The Morgan fingerprint density at radius 1 is 1.38 bits per heavy atom. The number of nitrogen functional groups attached to an aromatic ring is 1. The molecule has 1 amide bonds. The van der Waals surface area contributed by atoms with Crippen molar-refractivity contribution in [2.24, 2.45) is 0 Å². The Kier molecular flexibility index (Phi) is 3.88. The van der Waals surface area contributed by atoms with Crippen LogP contribution in [0.1, 0.15) is 27.4 Å². The molecular formula is C13H12F3N3O2. The number of nitrogens with zero attached hydrogens (tertiary/aromatic N) is 1. The van der Waals surface area contributed by atoms with Crippen molar-refractivity contribution < 1.29 is 22.5 Å². The standard InChI is InChI=1S/C13H12F3N3O2/c1-7-4-9(21-19-7)6-18-12(20)10-5-8(13(14,15)16)2-3-11(10)17/h2-5H,6,17H2,1H3,(H,18,20). The van der Waals surface area contributed by atoms with Crippen molar-refractivity contribution >= 4 is 11.6 Å². The van der Waals surface area contributed by atoms with E-state index in [1.165, 1.54) is 0 Å². The molecule has 2 aromatic rings. The van der Waals surface area contributed by atoms with E-state index in [4.69, 9.17) is 10.3 Å². The minimum Gasteiger partial charge on any atom is -0.398 e. The normalized spacial score (nSPS) is 11.4. The van der Waals surface area contributed by atoms with E-state index in [1.807, 2.05) is 0 Å². The highest BCUT2D eigenvalue weighted by atomic mass is 19.4. The Bertz CT molecular complexity index is 665. The van der Waals surface area contributed by atoms with Gasteiger partial charge in [-0.05, 0) is 25.1 Å². The first kappa shape index (κ1) is 14.9. The van der Waals surface area contributed by atoms with E-state index in [-0.39, 0.29) is 17.8 Å². The van der Waals surface area contributed by atoms with Crippen LogP contribution in [0.3, 0.4) is 0 Å². The molecule has 0 radical (unpaired) electrons. The second kappa shape index (κ2) is 5.47. The van der Waals surface area contributed by atoms with Gasteiger partial charge in [0.2, 0.25) is 0 Å². The van der Waals surface area contributed by atoms with Gasteiger partial charge in [-0.3, -0.25) is 4.79 Å². The van der Waals surface area contributed by atoms with E-state index >= 15 is 0 Å². The Morgan fingerprint density at radius 2 is 2.10 bits per heavy atom. The second-order valence-electron chi connectivity index (χ2n) is 4.42. The van der Waals surface area contributed by atoms with Gasteiger partial charge >= 0.3 is 6.18 Å². The minimum atomic E-state index is -4.54. The van der Waals surface area contributed by atoms with Crippen molar-refractivity contribution in [2.45, 2.75) is 19.6 Å². The van der Waals surface area contributed by atoms with E-state index in [9.17, 15) is 18.0 Å². The third kappa shape index (κ3) is 3.53. The molecule has 0 aliphatic heterocycles. The number of nitrogens with one attached hydrogen (secondary N) is 1. The summed E-state index contributed by atoms with van der Waals surface area (Å²) in [6.45, 7) is 1.72. The van der Waals surface area contributed by atoms with Crippen LogP contribution in [0.5, 0.6) is 0 Å². The maximum absolute atomic E-state index is 12.6. The van der Waals surface area contributed by atoms with E-state index < -0.39 is 17.6 Å². The topological polar surface area (TPSA) is 81.2 Å². The zero-order valence-electron chi connectivity index (χ0n) is 11.0. The lowest BCUT2D eigenvalue weighted by Gasteiger charge is -2.11. The summed E-state index contributed by atoms with van der Waals surface area (Å²) in [7, 11) is 0. The predicted octanol–water partition coefficient (Wildman–Crippen LogP) is 2.51. The second-order valence-corrected chi connectivity index (χ2v) is 4.42. The first-order valence-electron chi connectivity index (χ1n) is 5.94. The summed E-state index contributed by atoms with van der Waals surface area (Å²) in [5.41, 5.74) is 4.98. The van der Waals surface area contributed by atoms with Gasteiger partial charge in [0.05, 0.1) is 23.4 Å². The lowest BCUT2D eigenvalue weighted by atomic mass is 10.1. The SMILES string of the molecule is Cc1cc(CNC(=O)c2cc(C(F)(F)F)ccc2N)on1. The number of carbonyl (C=O) groups excluding carboxylic acids is 1. The maximum Gasteiger partial charge on any atom is 0.416 e. The number of alkyl halides is 3. The van der Waals surface area contributed by atoms with Gasteiger partial charge in [0.25, 0.3) is 5.91 Å². The number of rotatable bonds is 3. The van der Waals surface area contributed by atoms with Crippen LogP contribution < -0.4 is 11.1 Å². The van der Waals surface area contributed by atoms with Crippen LogP contribution in [-0.2, 0) is 12.7 Å². The maximum atomic E-state index is 12.6. The molecule has 0 bridgehead atoms. The lowest BCUT2D eigenvalue weighted by molar-refractivity contribution is -0.137. The molecule has 1 aromatic heterocycles. The molecule has 3 N–H and O–H groups in total. The van der Waals surface area contributed by atoms with E-state index in [1.54, 1.807) is 13.0 Å². The zero-order valence-corrected chi connectivity index (χ0v) is 11.0. The van der Waals surface area contributed by atoms with E-state index in [0.717, 1.165) is 18.2 Å². The fourth-order valence-electron chi connectivity index (χ4n) is 1.69. The predicted molar refractivity (Wildman–Crippen MR) is 68.3 cm³/mol. The summed E-state index contributed by atoms with van der Waals surface area (Å²) < 4.78 is 42.7. The van der Waals surface area contributed by atoms with Gasteiger partial charge in [0, 0.05) is 11.8 Å². The van der Waals surface area contributed by atoms with Crippen LogP contribution >= 0.6 is 0 Å². The molecule has 0 spiro atoms. The summed E-state index contributed by atoms with van der Waals surface area (Å²) in [5.74, 6) is -0.320. The molecule has 5 nitrogen and oxygen atoms in total. The molecule has 21 heavy (non-hydrogen) atoms. The van der Waals surface area contributed by atoms with Gasteiger partial charge in [-0.25, -0.2) is 0 Å². The molecule has 0 atom stereocenters. The third-order valence-electron chi connectivity index (χ3n) is 2.73. The van der Waals surface area contributed by atoms with Crippen LogP contribution in [-0.4, -0.2) is 11.1 Å². The summed E-state index contributed by atoms with van der Waals surface area (Å²) >= 11 is 0. The summed E-state index contributed by atoms with van der Waals surface area (Å²) in [5, 5.41) is 6.06. The number of hydrogen-bond acceptors (Lipinski definition) is 4. The van der Waals surface area contributed by atoms with Gasteiger partial charge in [-0.15, -0.1) is 0 Å². The number of aromatic nitrogens is 1. The van der Waals surface area contributed by atoms with Gasteiger partial charge in [0.15, 0.2) is 5.76 Å². The Morgan fingerprint density at radius 3 is 2.67 bits per heavy atom. The summed E-state index contributed by atoms with van der Waals surface area (Å²) in [6, 6.07) is 4.20. The molecule has 0 saturated carbocycles. The minimum absolute atomic E-state index is 0.00928. The number of carbonyl (C=O) groups is 1. The molecule has 112 valence electrons. The first-order chi connectivity index (χ1) is 9.77. The molecule has 0 unspecified atom stereocenters. The molecule has 1 aromatic carbocycles. The van der Waals surface area contributed by atoms with Crippen molar-refractivity contribution in [1.82, 2.24) is 10.5 Å². The molecule has 0 fully saturated rings. The van der Waals surface area contributed by atoms with Crippen molar-refractivity contribution in [3.05, 3.63) is 46.8 Å². The molecular weight excluding hydrogens is 287 g/mol. The van der Waals surface area contributed by atoms with Crippen molar-refractivity contribution in [1.29, 1.82) is 0 Å². The first-order valence-corrected chi connectivity index (χ1v) is 5.94. The van der Waals surface area contributed by atoms with Crippen molar-refractivity contribution in [2.75, 3.05) is 5.73 Å². The Labute approximate surface area is 117 Å². The van der Waals surface area contributed by atoms with Crippen LogP contribution in [0.2, 0.25) is 0 Å². The Hall–Kier alpha value is -2.51. The number of amides is 1. The monoisotopic (exact) mass is 299 g/mol. The number of aryl methyl sites for hydroxylation is 1. The molecule has 0 aliphatic rings. The highest BCUT2D eigenvalue weighted by Gasteiger charge is 2.31. The molecule has 1 heterocycles. The van der Waals surface area contributed by atoms with Crippen molar-refractivity contribution in [3.63, 3.8) is 0 Å². The quantitative estimate of drug-likeness (QED) is 0.853. The van der Waals surface area contributed by atoms with E-state index in [0.29, 0.717) is 11.5 Å². The average Bonchev–Trinajstić information content (AvgIpc) is 2.81. The molecule has 0 aliphatic carbocycles. The number of halogens is 3. The van der Waals surface area contributed by atoms with Crippen LogP contribution in [0.25, 0.3) is 0 Å². The Balaban J connectivity index is 2.15. The lowest BCUT2D eigenvalue weighted by Crippen LogP contribution is -2.24. The fourth-order valence-corrected chi connectivity index (χ4v) is 1.69. The number of nitrogens with two attached hydrogens (primary N) is 1. The smallest absolute Gasteiger partial charge is 0.398 e. The number of hydrogen-bond donors (Lipinski definition) is 2. The molecule has 2 rings (SSSR count). The largest absolute Gasteiger partial charge is 0.416 e. The van der Waals surface area contributed by atoms with Crippen LogP contribution in [0.4, 0.5) is 18.9 Å². The summed E-state index contributed by atoms with van der Waals surface area (Å²) in [4.78, 5) is 11.9. The number of anilines is 1. The summed E-state index contributed by atoms with van der Waals surface area (Å²) in [6.07, 6.45) is -4.54. The van der Waals surface area contributed by atoms with E-state index in [2.05, 4.69) is 10.5 Å². The highest BCUT2D eigenvalue weighted by Crippen LogP contribution is 2.31. The highest BCUT2D eigenvalue weighted by molar-refractivity contribution is 5.99. The van der Waals surface area contributed by atoms with Crippen molar-refractivity contribution in [3.8, 4) is 0 Å². The zero-order chi connectivity index (χ0) is 15.6. The third-order valence-corrected chi connectivity index (χ3v) is 2.73. The molecule has 8 heteroatoms. The number of benzene rings is 1. The fraction of sp³-hybridized carbons (Fsp3) is 0.231. The van der Waals surface area contributed by atoms with Gasteiger partial charge in [-0.1, -0.05) is 5.16 Å². The van der Waals surface area contributed by atoms with Crippen LogP contribution in [0, 0.1) is 6.92 Å².